The Hall–Kier alpha value is -1.59. The van der Waals surface area contributed by atoms with Crippen LogP contribution in [0.3, 0.4) is 0 Å². The normalized spacial score (nSPS) is 20.7. The quantitative estimate of drug-likeness (QED) is 0.671. The topological polar surface area (TPSA) is 53.6 Å². The van der Waals surface area contributed by atoms with Crippen molar-refractivity contribution in [1.82, 2.24) is 15.5 Å². The monoisotopic (exact) mass is 361 g/mol. The van der Waals surface area contributed by atoms with Crippen molar-refractivity contribution in [2.24, 2.45) is 5.92 Å². The first-order valence-corrected chi connectivity index (χ1v) is 9.90. The van der Waals surface area contributed by atoms with Crippen LogP contribution in [-0.4, -0.2) is 49.8 Å². The number of carbonyl (C=O) groups is 1. The third-order valence-electron chi connectivity index (χ3n) is 5.54. The minimum Gasteiger partial charge on any atom is -0.445 e. The highest BCUT2D eigenvalue weighted by atomic mass is 16.5. The van der Waals surface area contributed by atoms with Crippen LogP contribution < -0.4 is 10.6 Å². The lowest BCUT2D eigenvalue weighted by Gasteiger charge is -2.39. The summed E-state index contributed by atoms with van der Waals surface area (Å²) in [6.45, 7) is 5.88. The highest BCUT2D eigenvalue weighted by Gasteiger charge is 2.31. The van der Waals surface area contributed by atoms with Crippen LogP contribution in [0.25, 0.3) is 0 Å². The molecule has 0 bridgehead atoms. The lowest BCUT2D eigenvalue weighted by Crippen LogP contribution is -2.55. The van der Waals surface area contributed by atoms with Gasteiger partial charge >= 0.3 is 6.09 Å². The van der Waals surface area contributed by atoms with Crippen LogP contribution >= 0.6 is 0 Å². The molecule has 1 saturated carbocycles. The molecular formula is C21H35N3O2. The van der Waals surface area contributed by atoms with Crippen LogP contribution in [-0.2, 0) is 11.3 Å². The zero-order chi connectivity index (χ0) is 18.9. The van der Waals surface area contributed by atoms with Gasteiger partial charge in [0.05, 0.1) is 0 Å². The van der Waals surface area contributed by atoms with Crippen molar-refractivity contribution in [2.45, 2.75) is 64.3 Å². The number of carbonyl (C=O) groups excluding carboxylic acids is 1. The maximum Gasteiger partial charge on any atom is 0.407 e. The second-order valence-electron chi connectivity index (χ2n) is 7.59. The first-order valence-electron chi connectivity index (χ1n) is 9.90. The Labute approximate surface area is 158 Å². The first kappa shape index (κ1) is 20.7. The average Bonchev–Trinajstić information content (AvgIpc) is 2.61. The molecule has 2 rings (SSSR count). The summed E-state index contributed by atoms with van der Waals surface area (Å²) in [5, 5.41) is 6.64. The molecule has 1 aromatic rings. The molecule has 0 aliphatic heterocycles. The van der Waals surface area contributed by atoms with Crippen molar-refractivity contribution in [3.8, 4) is 0 Å². The van der Waals surface area contributed by atoms with Crippen molar-refractivity contribution in [1.29, 1.82) is 0 Å². The van der Waals surface area contributed by atoms with Crippen molar-refractivity contribution in [3.63, 3.8) is 0 Å². The highest BCUT2D eigenvalue weighted by molar-refractivity contribution is 5.67. The standard InChI is InChI=1S/C21H35N3O2/c1-5-17(6-2)20(24(3)4)14-22-18-12-19(13-18)23-21(25)26-15-16-10-8-7-9-11-16/h7-11,17-20,22H,5-6,12-15H2,1-4H3,(H,23,25). The Bertz CT molecular complexity index is 525. The van der Waals surface area contributed by atoms with Crippen LogP contribution in [0.4, 0.5) is 4.79 Å². The number of amides is 1. The number of alkyl carbamates (subject to hydrolysis) is 1. The lowest BCUT2D eigenvalue weighted by molar-refractivity contribution is 0.123. The fourth-order valence-corrected chi connectivity index (χ4v) is 3.72. The number of nitrogens with one attached hydrogen (secondary N) is 2. The minimum atomic E-state index is -0.319. The van der Waals surface area contributed by atoms with Crippen LogP contribution in [0, 0.1) is 5.92 Å². The number of hydrogen-bond donors (Lipinski definition) is 2. The van der Waals surface area contributed by atoms with Crippen molar-refractivity contribution in [3.05, 3.63) is 35.9 Å². The molecule has 0 saturated heterocycles. The Morgan fingerprint density at radius 2 is 1.81 bits per heavy atom. The smallest absolute Gasteiger partial charge is 0.407 e. The van der Waals surface area contributed by atoms with Gasteiger partial charge in [-0.15, -0.1) is 0 Å². The first-order chi connectivity index (χ1) is 12.5. The van der Waals surface area contributed by atoms with Gasteiger partial charge in [0.15, 0.2) is 0 Å². The molecule has 1 aliphatic rings. The van der Waals surface area contributed by atoms with E-state index in [1.165, 1.54) is 12.8 Å². The number of benzene rings is 1. The average molecular weight is 362 g/mol. The van der Waals surface area contributed by atoms with E-state index >= 15 is 0 Å². The van der Waals surface area contributed by atoms with Gasteiger partial charge in [0.25, 0.3) is 0 Å². The third-order valence-corrected chi connectivity index (χ3v) is 5.54. The Morgan fingerprint density at radius 1 is 1.15 bits per heavy atom. The molecule has 1 atom stereocenters. The van der Waals surface area contributed by atoms with Gasteiger partial charge in [0.1, 0.15) is 6.61 Å². The summed E-state index contributed by atoms with van der Waals surface area (Å²) >= 11 is 0. The van der Waals surface area contributed by atoms with Gasteiger partial charge in [-0.1, -0.05) is 57.0 Å². The second-order valence-corrected chi connectivity index (χ2v) is 7.59. The van der Waals surface area contributed by atoms with Crippen LogP contribution in [0.2, 0.25) is 0 Å². The molecule has 0 aromatic heterocycles. The molecule has 1 fully saturated rings. The summed E-state index contributed by atoms with van der Waals surface area (Å²) in [6.07, 6.45) is 4.06. The summed E-state index contributed by atoms with van der Waals surface area (Å²) < 4.78 is 5.28. The zero-order valence-electron chi connectivity index (χ0n) is 16.7. The van der Waals surface area contributed by atoms with Gasteiger partial charge in [0.2, 0.25) is 0 Å². The van der Waals surface area contributed by atoms with E-state index in [0.29, 0.717) is 18.7 Å². The summed E-state index contributed by atoms with van der Waals surface area (Å²) in [5.41, 5.74) is 1.01. The molecule has 1 aliphatic carbocycles. The molecule has 0 spiro atoms. The molecule has 5 heteroatoms. The van der Waals surface area contributed by atoms with Crippen molar-refractivity contribution in [2.75, 3.05) is 20.6 Å². The van der Waals surface area contributed by atoms with E-state index in [9.17, 15) is 4.79 Å². The van der Waals surface area contributed by atoms with Gasteiger partial charge in [0, 0.05) is 24.7 Å². The highest BCUT2D eigenvalue weighted by Crippen LogP contribution is 2.22. The molecule has 1 aromatic carbocycles. The molecule has 2 N–H and O–H groups in total. The Kier molecular flexibility index (Phi) is 8.39. The molecular weight excluding hydrogens is 326 g/mol. The fourth-order valence-electron chi connectivity index (χ4n) is 3.72. The summed E-state index contributed by atoms with van der Waals surface area (Å²) in [4.78, 5) is 14.2. The van der Waals surface area contributed by atoms with E-state index in [-0.39, 0.29) is 12.1 Å². The number of ether oxygens (including phenoxy) is 1. The fraction of sp³-hybridized carbons (Fsp3) is 0.667. The number of rotatable bonds is 10. The minimum absolute atomic E-state index is 0.224. The maximum absolute atomic E-state index is 11.9. The molecule has 0 radical (unpaired) electrons. The zero-order valence-corrected chi connectivity index (χ0v) is 16.7. The van der Waals surface area contributed by atoms with E-state index in [0.717, 1.165) is 30.9 Å². The summed E-state index contributed by atoms with van der Waals surface area (Å²) in [6, 6.07) is 11.0. The molecule has 1 unspecified atom stereocenters. The van der Waals surface area contributed by atoms with Gasteiger partial charge < -0.3 is 20.3 Å². The van der Waals surface area contributed by atoms with E-state index in [2.05, 4.69) is 43.5 Å². The van der Waals surface area contributed by atoms with Crippen LogP contribution in [0.1, 0.15) is 45.1 Å². The Balaban J connectivity index is 1.63. The number of likely N-dealkylation sites (N-methyl/N-ethyl adjacent to an activating group) is 1. The summed E-state index contributed by atoms with van der Waals surface area (Å²) in [7, 11) is 4.33. The SMILES string of the molecule is CCC(CC)C(CNC1CC(NC(=O)OCc2ccccc2)C1)N(C)C. The van der Waals surface area contributed by atoms with Crippen LogP contribution in [0.15, 0.2) is 30.3 Å². The predicted octanol–water partition coefficient (Wildman–Crippen LogP) is 3.40. The van der Waals surface area contributed by atoms with Crippen molar-refractivity contribution >= 4 is 6.09 Å². The number of hydrogen-bond acceptors (Lipinski definition) is 4. The molecule has 146 valence electrons. The van der Waals surface area contributed by atoms with E-state index < -0.39 is 0 Å². The van der Waals surface area contributed by atoms with Gasteiger partial charge in [-0.2, -0.15) is 0 Å². The van der Waals surface area contributed by atoms with Gasteiger partial charge in [-0.05, 0) is 38.4 Å². The largest absolute Gasteiger partial charge is 0.445 e. The molecule has 26 heavy (non-hydrogen) atoms. The molecule has 5 nitrogen and oxygen atoms in total. The van der Waals surface area contributed by atoms with E-state index in [1.807, 2.05) is 30.3 Å². The Morgan fingerprint density at radius 3 is 2.38 bits per heavy atom. The van der Waals surface area contributed by atoms with E-state index in [1.54, 1.807) is 0 Å². The number of nitrogens with zero attached hydrogens (tertiary/aromatic N) is 1. The van der Waals surface area contributed by atoms with Crippen molar-refractivity contribution < 1.29 is 9.53 Å². The van der Waals surface area contributed by atoms with Crippen LogP contribution in [0.5, 0.6) is 0 Å². The molecule has 1 amide bonds. The second kappa shape index (κ2) is 10.5. The lowest BCUT2D eigenvalue weighted by atomic mass is 9.86. The predicted molar refractivity (Wildman–Crippen MR) is 106 cm³/mol. The maximum atomic E-state index is 11.9. The summed E-state index contributed by atoms with van der Waals surface area (Å²) in [5.74, 6) is 0.722. The van der Waals surface area contributed by atoms with E-state index in [4.69, 9.17) is 4.74 Å². The van der Waals surface area contributed by atoms with Gasteiger partial charge in [-0.3, -0.25) is 0 Å². The third kappa shape index (κ3) is 6.29. The molecule has 0 heterocycles. The van der Waals surface area contributed by atoms with Gasteiger partial charge in [-0.25, -0.2) is 4.79 Å².